The quantitative estimate of drug-likeness (QED) is 0.680. The smallest absolute Gasteiger partial charge is 0.329 e. The maximum atomic E-state index is 11.5. The Balaban J connectivity index is 2.52. The minimum atomic E-state index is -0.474. The first-order valence-electron chi connectivity index (χ1n) is 4.27. The van der Waals surface area contributed by atoms with Crippen LogP contribution in [0.25, 0.3) is 0 Å². The predicted octanol–water partition coefficient (Wildman–Crippen LogP) is 0.151. The summed E-state index contributed by atoms with van der Waals surface area (Å²) in [6, 6.07) is 1.03. The van der Waals surface area contributed by atoms with E-state index in [0.29, 0.717) is 19.6 Å². The Labute approximate surface area is 84.3 Å². The van der Waals surface area contributed by atoms with E-state index >= 15 is 0 Å². The molecule has 1 saturated heterocycles. The van der Waals surface area contributed by atoms with Crippen LogP contribution in [0.3, 0.4) is 0 Å². The molecule has 1 aliphatic rings. The van der Waals surface area contributed by atoms with Gasteiger partial charge in [-0.2, -0.15) is 0 Å². The van der Waals surface area contributed by atoms with Crippen molar-refractivity contribution in [2.75, 3.05) is 13.2 Å². The van der Waals surface area contributed by atoms with Crippen molar-refractivity contribution in [3.63, 3.8) is 0 Å². The van der Waals surface area contributed by atoms with Gasteiger partial charge in [0, 0.05) is 12.7 Å². The summed E-state index contributed by atoms with van der Waals surface area (Å²) < 4.78 is 6.26. The Morgan fingerprint density at radius 1 is 1.57 bits per heavy atom. The second-order valence-corrected chi connectivity index (χ2v) is 3.56. The highest BCUT2D eigenvalue weighted by molar-refractivity contribution is 6.29. The highest BCUT2D eigenvalue weighted by Gasteiger charge is 2.20. The Kier molecular flexibility index (Phi) is 2.43. The molecule has 0 spiro atoms. The average molecular weight is 217 g/mol. The van der Waals surface area contributed by atoms with E-state index in [1.807, 2.05) is 0 Å². The Bertz CT molecular complexity index is 413. The van der Waals surface area contributed by atoms with Gasteiger partial charge < -0.3 is 4.74 Å². The number of aromatic amines is 1. The molecule has 5 nitrogen and oxygen atoms in total. The second kappa shape index (κ2) is 3.59. The number of ether oxygens (including phenoxy) is 1. The lowest BCUT2D eigenvalue weighted by Crippen LogP contribution is -2.37. The van der Waals surface area contributed by atoms with Crippen molar-refractivity contribution < 1.29 is 4.74 Å². The van der Waals surface area contributed by atoms with Crippen molar-refractivity contribution in [2.45, 2.75) is 12.5 Å². The molecule has 0 saturated carbocycles. The molecule has 1 aromatic heterocycles. The predicted molar refractivity (Wildman–Crippen MR) is 50.8 cm³/mol. The van der Waals surface area contributed by atoms with Crippen LogP contribution in [0.2, 0.25) is 5.15 Å². The average Bonchev–Trinajstić information content (AvgIpc) is 2.54. The van der Waals surface area contributed by atoms with E-state index in [9.17, 15) is 9.59 Å². The summed E-state index contributed by atoms with van der Waals surface area (Å²) in [5, 5.41) is 0.0650. The minimum absolute atomic E-state index is 0.0650. The maximum absolute atomic E-state index is 11.5. The Hall–Kier alpha value is -1.07. The number of nitrogens with zero attached hydrogens (tertiary/aromatic N) is 1. The molecule has 1 atom stereocenters. The van der Waals surface area contributed by atoms with Crippen LogP contribution in [0.15, 0.2) is 15.7 Å². The van der Waals surface area contributed by atoms with Crippen LogP contribution < -0.4 is 11.2 Å². The van der Waals surface area contributed by atoms with Gasteiger partial charge in [0.25, 0.3) is 5.56 Å². The van der Waals surface area contributed by atoms with E-state index in [2.05, 4.69) is 4.98 Å². The molecule has 0 radical (unpaired) electrons. The molecule has 0 aliphatic carbocycles. The lowest BCUT2D eigenvalue weighted by Gasteiger charge is -2.09. The fourth-order valence-electron chi connectivity index (χ4n) is 1.55. The molecule has 6 heteroatoms. The third kappa shape index (κ3) is 1.60. The van der Waals surface area contributed by atoms with E-state index in [1.54, 1.807) is 0 Å². The van der Waals surface area contributed by atoms with Crippen molar-refractivity contribution in [1.29, 1.82) is 0 Å². The molecule has 76 valence electrons. The number of aromatic nitrogens is 2. The van der Waals surface area contributed by atoms with Crippen molar-refractivity contribution in [3.05, 3.63) is 32.1 Å². The molecule has 1 fully saturated rings. The molecule has 1 N–H and O–H groups in total. The monoisotopic (exact) mass is 216 g/mol. The van der Waals surface area contributed by atoms with Gasteiger partial charge in [0.05, 0.1) is 12.6 Å². The summed E-state index contributed by atoms with van der Waals surface area (Å²) in [6.45, 7) is 0.990. The van der Waals surface area contributed by atoms with Crippen LogP contribution >= 0.6 is 11.6 Å². The first-order chi connectivity index (χ1) is 6.68. The third-order valence-corrected chi connectivity index (χ3v) is 2.41. The van der Waals surface area contributed by atoms with Crippen LogP contribution in [-0.2, 0) is 4.74 Å². The van der Waals surface area contributed by atoms with E-state index < -0.39 is 5.69 Å². The maximum Gasteiger partial charge on any atom is 0.329 e. The molecule has 1 unspecified atom stereocenters. The summed E-state index contributed by atoms with van der Waals surface area (Å²) in [7, 11) is 0. The first-order valence-corrected chi connectivity index (χ1v) is 4.65. The van der Waals surface area contributed by atoms with Gasteiger partial charge in [-0.1, -0.05) is 11.6 Å². The second-order valence-electron chi connectivity index (χ2n) is 3.15. The Morgan fingerprint density at radius 2 is 2.36 bits per heavy atom. The summed E-state index contributed by atoms with van der Waals surface area (Å²) in [5.74, 6) is 0. The number of halogens is 1. The van der Waals surface area contributed by atoms with E-state index in [4.69, 9.17) is 16.3 Å². The number of hydrogen-bond donors (Lipinski definition) is 1. The molecule has 2 heterocycles. The standard InChI is InChI=1S/C8H9ClN2O3/c9-6-3-7(12)11(8(13)10-6)5-1-2-14-4-5/h3,5H,1-2,4H2,(H,10,13). The van der Waals surface area contributed by atoms with Gasteiger partial charge in [-0.05, 0) is 6.42 Å². The highest BCUT2D eigenvalue weighted by Crippen LogP contribution is 2.14. The van der Waals surface area contributed by atoms with Crippen LogP contribution in [0.4, 0.5) is 0 Å². The largest absolute Gasteiger partial charge is 0.379 e. The van der Waals surface area contributed by atoms with Gasteiger partial charge in [0.2, 0.25) is 0 Å². The zero-order chi connectivity index (χ0) is 10.1. The fraction of sp³-hybridized carbons (Fsp3) is 0.500. The molecule has 2 rings (SSSR count). The zero-order valence-corrected chi connectivity index (χ0v) is 8.08. The number of H-pyrrole nitrogens is 1. The van der Waals surface area contributed by atoms with Gasteiger partial charge in [0.15, 0.2) is 0 Å². The minimum Gasteiger partial charge on any atom is -0.379 e. The summed E-state index contributed by atoms with van der Waals surface area (Å²) in [5.41, 5.74) is -0.854. The molecule has 0 bridgehead atoms. The summed E-state index contributed by atoms with van der Waals surface area (Å²) >= 11 is 5.53. The van der Waals surface area contributed by atoms with Crippen molar-refractivity contribution in [2.24, 2.45) is 0 Å². The fourth-order valence-corrected chi connectivity index (χ4v) is 1.72. The lowest BCUT2D eigenvalue weighted by molar-refractivity contribution is 0.185. The van der Waals surface area contributed by atoms with E-state index in [0.717, 1.165) is 4.57 Å². The molecule has 1 aromatic rings. The van der Waals surface area contributed by atoms with Crippen LogP contribution in [-0.4, -0.2) is 22.8 Å². The summed E-state index contributed by atoms with van der Waals surface area (Å²) in [4.78, 5) is 25.2. The van der Waals surface area contributed by atoms with Crippen LogP contribution in [0, 0.1) is 0 Å². The van der Waals surface area contributed by atoms with Gasteiger partial charge in [-0.25, -0.2) is 4.79 Å². The third-order valence-electron chi connectivity index (χ3n) is 2.20. The topological polar surface area (TPSA) is 64.1 Å². The number of rotatable bonds is 1. The van der Waals surface area contributed by atoms with Crippen LogP contribution in [0.5, 0.6) is 0 Å². The van der Waals surface area contributed by atoms with Crippen molar-refractivity contribution >= 4 is 11.6 Å². The van der Waals surface area contributed by atoms with Gasteiger partial charge in [-0.15, -0.1) is 0 Å². The molecule has 0 amide bonds. The normalized spacial score (nSPS) is 21.4. The molecule has 14 heavy (non-hydrogen) atoms. The lowest BCUT2D eigenvalue weighted by atomic mass is 10.2. The van der Waals surface area contributed by atoms with Gasteiger partial charge >= 0.3 is 5.69 Å². The summed E-state index contributed by atoms with van der Waals surface area (Å²) in [6.07, 6.45) is 0.685. The SMILES string of the molecule is O=c1cc(Cl)[nH]c(=O)n1C1CCOC1. The van der Waals surface area contributed by atoms with Crippen LogP contribution in [0.1, 0.15) is 12.5 Å². The van der Waals surface area contributed by atoms with Gasteiger partial charge in [-0.3, -0.25) is 14.3 Å². The van der Waals surface area contributed by atoms with E-state index in [1.165, 1.54) is 6.07 Å². The molecule has 1 aliphatic heterocycles. The molecule has 0 aromatic carbocycles. The molecular weight excluding hydrogens is 208 g/mol. The van der Waals surface area contributed by atoms with Crippen molar-refractivity contribution in [1.82, 2.24) is 9.55 Å². The first kappa shape index (κ1) is 9.48. The number of nitrogens with one attached hydrogen (secondary N) is 1. The van der Waals surface area contributed by atoms with Gasteiger partial charge in [0.1, 0.15) is 5.15 Å². The zero-order valence-electron chi connectivity index (χ0n) is 7.33. The molecular formula is C8H9ClN2O3. The Morgan fingerprint density at radius 3 is 2.93 bits per heavy atom. The van der Waals surface area contributed by atoms with Crippen molar-refractivity contribution in [3.8, 4) is 0 Å². The number of hydrogen-bond acceptors (Lipinski definition) is 3. The van der Waals surface area contributed by atoms with E-state index in [-0.39, 0.29) is 16.8 Å². The highest BCUT2D eigenvalue weighted by atomic mass is 35.5.